The van der Waals surface area contributed by atoms with E-state index in [-0.39, 0.29) is 5.54 Å². The van der Waals surface area contributed by atoms with E-state index < -0.39 is 0 Å². The third-order valence-electron chi connectivity index (χ3n) is 3.67. The van der Waals surface area contributed by atoms with E-state index in [1.54, 1.807) is 6.07 Å². The van der Waals surface area contributed by atoms with Crippen molar-refractivity contribution in [2.24, 2.45) is 0 Å². The zero-order chi connectivity index (χ0) is 11.8. The molecule has 88 valence electrons. The summed E-state index contributed by atoms with van der Waals surface area (Å²) in [4.78, 5) is 2.46. The van der Waals surface area contributed by atoms with E-state index in [0.29, 0.717) is 5.75 Å². The smallest absolute Gasteiger partial charge is 0.120 e. The van der Waals surface area contributed by atoms with Crippen LogP contribution in [0.15, 0.2) is 18.2 Å². The van der Waals surface area contributed by atoms with Crippen LogP contribution < -0.4 is 0 Å². The summed E-state index contributed by atoms with van der Waals surface area (Å²) in [7, 11) is 0. The van der Waals surface area contributed by atoms with Crippen LogP contribution in [0.4, 0.5) is 0 Å². The van der Waals surface area contributed by atoms with Crippen molar-refractivity contribution in [3.63, 3.8) is 0 Å². The number of phenolic OH excluding ortho intramolecular Hbond substituents is 1. The SMILES string of the molecule is Cc1ccc(O)c(CN2CCCC2(C)C)c1. The highest BCUT2D eigenvalue weighted by molar-refractivity contribution is 5.35. The summed E-state index contributed by atoms with van der Waals surface area (Å²) in [6, 6.07) is 5.84. The Labute approximate surface area is 97.9 Å². The van der Waals surface area contributed by atoms with Crippen LogP contribution in [-0.2, 0) is 6.54 Å². The minimum atomic E-state index is 0.274. The summed E-state index contributed by atoms with van der Waals surface area (Å²) < 4.78 is 0. The molecule has 0 spiro atoms. The number of aromatic hydroxyl groups is 1. The molecule has 1 aromatic rings. The molecule has 1 fully saturated rings. The van der Waals surface area contributed by atoms with Crippen LogP contribution in [0.3, 0.4) is 0 Å². The maximum atomic E-state index is 9.84. The number of likely N-dealkylation sites (tertiary alicyclic amines) is 1. The molecule has 1 N–H and O–H groups in total. The molecule has 0 aromatic heterocycles. The molecule has 2 nitrogen and oxygen atoms in total. The molecular formula is C14H21NO. The van der Waals surface area contributed by atoms with E-state index in [4.69, 9.17) is 0 Å². The number of aryl methyl sites for hydroxylation is 1. The summed E-state index contributed by atoms with van der Waals surface area (Å²) in [5.74, 6) is 0.424. The molecule has 1 aliphatic rings. The van der Waals surface area contributed by atoms with Gasteiger partial charge in [-0.15, -0.1) is 0 Å². The molecular weight excluding hydrogens is 198 g/mol. The lowest BCUT2D eigenvalue weighted by Gasteiger charge is -2.31. The summed E-state index contributed by atoms with van der Waals surface area (Å²) in [6.07, 6.45) is 2.51. The zero-order valence-electron chi connectivity index (χ0n) is 10.5. The van der Waals surface area contributed by atoms with Crippen molar-refractivity contribution in [2.45, 2.75) is 45.7 Å². The molecule has 16 heavy (non-hydrogen) atoms. The van der Waals surface area contributed by atoms with Gasteiger partial charge in [-0.3, -0.25) is 4.90 Å². The summed E-state index contributed by atoms with van der Waals surface area (Å²) in [5, 5.41) is 9.84. The van der Waals surface area contributed by atoms with E-state index in [1.165, 1.54) is 18.4 Å². The predicted molar refractivity (Wildman–Crippen MR) is 66.6 cm³/mol. The Kier molecular flexibility index (Phi) is 2.94. The average molecular weight is 219 g/mol. The normalized spacial score (nSPS) is 20.2. The van der Waals surface area contributed by atoms with Crippen LogP contribution in [-0.4, -0.2) is 22.1 Å². The molecule has 0 atom stereocenters. The van der Waals surface area contributed by atoms with Crippen molar-refractivity contribution >= 4 is 0 Å². The number of rotatable bonds is 2. The largest absolute Gasteiger partial charge is 0.508 e. The van der Waals surface area contributed by atoms with Gasteiger partial charge in [0.15, 0.2) is 0 Å². The number of phenols is 1. The van der Waals surface area contributed by atoms with Crippen LogP contribution in [0.2, 0.25) is 0 Å². The average Bonchev–Trinajstić information content (AvgIpc) is 2.52. The van der Waals surface area contributed by atoms with Gasteiger partial charge in [0.05, 0.1) is 0 Å². The van der Waals surface area contributed by atoms with E-state index >= 15 is 0 Å². The van der Waals surface area contributed by atoms with Gasteiger partial charge in [0.2, 0.25) is 0 Å². The molecule has 0 amide bonds. The molecule has 1 aromatic carbocycles. The van der Waals surface area contributed by atoms with Crippen LogP contribution in [0.25, 0.3) is 0 Å². The lowest BCUT2D eigenvalue weighted by atomic mass is 10.0. The highest BCUT2D eigenvalue weighted by Crippen LogP contribution is 2.31. The fourth-order valence-electron chi connectivity index (χ4n) is 2.50. The van der Waals surface area contributed by atoms with Gasteiger partial charge in [0.25, 0.3) is 0 Å². The van der Waals surface area contributed by atoms with Crippen molar-refractivity contribution in [3.05, 3.63) is 29.3 Å². The highest BCUT2D eigenvalue weighted by Gasteiger charge is 2.31. The molecule has 1 heterocycles. The van der Waals surface area contributed by atoms with E-state index in [2.05, 4.69) is 31.7 Å². The van der Waals surface area contributed by atoms with E-state index in [1.807, 2.05) is 6.07 Å². The third-order valence-corrected chi connectivity index (χ3v) is 3.67. The first-order valence-electron chi connectivity index (χ1n) is 6.02. The molecule has 0 radical (unpaired) electrons. The third kappa shape index (κ3) is 2.22. The molecule has 1 saturated heterocycles. The van der Waals surface area contributed by atoms with E-state index in [9.17, 15) is 5.11 Å². The predicted octanol–water partition coefficient (Wildman–Crippen LogP) is 3.08. The van der Waals surface area contributed by atoms with Crippen LogP contribution in [0.1, 0.15) is 37.8 Å². The fraction of sp³-hybridized carbons (Fsp3) is 0.571. The summed E-state index contributed by atoms with van der Waals surface area (Å²) >= 11 is 0. The van der Waals surface area contributed by atoms with Gasteiger partial charge < -0.3 is 5.11 Å². The van der Waals surface area contributed by atoms with Crippen molar-refractivity contribution in [2.75, 3.05) is 6.54 Å². The second-order valence-electron chi connectivity index (χ2n) is 5.47. The van der Waals surface area contributed by atoms with Gasteiger partial charge in [-0.2, -0.15) is 0 Å². The second-order valence-corrected chi connectivity index (χ2v) is 5.47. The van der Waals surface area contributed by atoms with Crippen LogP contribution >= 0.6 is 0 Å². The quantitative estimate of drug-likeness (QED) is 0.826. The topological polar surface area (TPSA) is 23.5 Å². The minimum absolute atomic E-state index is 0.274. The molecule has 2 rings (SSSR count). The van der Waals surface area contributed by atoms with Gasteiger partial charge >= 0.3 is 0 Å². The van der Waals surface area contributed by atoms with Gasteiger partial charge in [0, 0.05) is 17.6 Å². The number of hydrogen-bond acceptors (Lipinski definition) is 2. The molecule has 0 aliphatic carbocycles. The van der Waals surface area contributed by atoms with Crippen LogP contribution in [0, 0.1) is 6.92 Å². The Balaban J connectivity index is 2.17. The monoisotopic (exact) mass is 219 g/mol. The molecule has 2 heteroatoms. The van der Waals surface area contributed by atoms with Gasteiger partial charge in [0.1, 0.15) is 5.75 Å². The lowest BCUT2D eigenvalue weighted by molar-refractivity contribution is 0.165. The van der Waals surface area contributed by atoms with Gasteiger partial charge in [-0.05, 0) is 46.2 Å². The van der Waals surface area contributed by atoms with Gasteiger partial charge in [-0.25, -0.2) is 0 Å². The number of benzene rings is 1. The number of nitrogens with zero attached hydrogens (tertiary/aromatic N) is 1. The maximum Gasteiger partial charge on any atom is 0.120 e. The maximum absolute atomic E-state index is 9.84. The summed E-state index contributed by atoms with van der Waals surface area (Å²) in [6.45, 7) is 8.64. The van der Waals surface area contributed by atoms with Crippen LogP contribution in [0.5, 0.6) is 5.75 Å². The van der Waals surface area contributed by atoms with Crippen molar-refractivity contribution in [1.82, 2.24) is 4.90 Å². The Morgan fingerprint density at radius 3 is 2.75 bits per heavy atom. The zero-order valence-corrected chi connectivity index (χ0v) is 10.5. The molecule has 0 saturated carbocycles. The molecule has 1 aliphatic heterocycles. The second kappa shape index (κ2) is 4.10. The standard InChI is InChI=1S/C14H21NO/c1-11-5-6-13(16)12(9-11)10-15-8-4-7-14(15,2)3/h5-6,9,16H,4,7-8,10H2,1-3H3. The number of hydrogen-bond donors (Lipinski definition) is 1. The highest BCUT2D eigenvalue weighted by atomic mass is 16.3. The first-order chi connectivity index (χ1) is 7.49. The van der Waals surface area contributed by atoms with Gasteiger partial charge in [-0.1, -0.05) is 17.7 Å². The minimum Gasteiger partial charge on any atom is -0.508 e. The lowest BCUT2D eigenvalue weighted by Crippen LogP contribution is -2.37. The molecule has 0 unspecified atom stereocenters. The van der Waals surface area contributed by atoms with E-state index in [0.717, 1.165) is 18.7 Å². The van der Waals surface area contributed by atoms with Crippen molar-refractivity contribution < 1.29 is 5.11 Å². The summed E-state index contributed by atoms with van der Waals surface area (Å²) in [5.41, 5.74) is 2.54. The Morgan fingerprint density at radius 2 is 2.12 bits per heavy atom. The first-order valence-corrected chi connectivity index (χ1v) is 6.02. The van der Waals surface area contributed by atoms with Crippen molar-refractivity contribution in [3.8, 4) is 5.75 Å². The first kappa shape index (κ1) is 11.5. The Morgan fingerprint density at radius 1 is 1.38 bits per heavy atom. The Bertz CT molecular complexity index is 384. The molecule has 0 bridgehead atoms. The Hall–Kier alpha value is -1.02. The van der Waals surface area contributed by atoms with Crippen molar-refractivity contribution in [1.29, 1.82) is 0 Å². The fourth-order valence-corrected chi connectivity index (χ4v) is 2.50.